The van der Waals surface area contributed by atoms with Gasteiger partial charge in [0.15, 0.2) is 6.10 Å². The van der Waals surface area contributed by atoms with Crippen molar-refractivity contribution in [1.29, 1.82) is 0 Å². The Balaban J connectivity index is 2.03. The molecule has 0 saturated heterocycles. The summed E-state index contributed by atoms with van der Waals surface area (Å²) < 4.78 is 5.86. The number of nitrogens with one attached hydrogen (secondary N) is 1. The lowest BCUT2D eigenvalue weighted by Gasteiger charge is -2.21. The SMILES string of the molecule is CC[C@H](NC(=O)[C@@H](C)Oc1cc(C)ccc1C)c1ccccc1. The smallest absolute Gasteiger partial charge is 0.261 e. The Hall–Kier alpha value is -2.29. The third-order valence-corrected chi connectivity index (χ3v) is 3.94. The normalized spacial score (nSPS) is 13.2. The van der Waals surface area contributed by atoms with Gasteiger partial charge in [0.1, 0.15) is 5.75 Å². The van der Waals surface area contributed by atoms with Gasteiger partial charge in [-0.1, -0.05) is 49.4 Å². The molecule has 0 unspecified atom stereocenters. The van der Waals surface area contributed by atoms with Crippen LogP contribution >= 0.6 is 0 Å². The summed E-state index contributed by atoms with van der Waals surface area (Å²) in [6, 6.07) is 16.0. The highest BCUT2D eigenvalue weighted by Crippen LogP contribution is 2.21. The number of rotatable bonds is 6. The Kier molecular flexibility index (Phi) is 5.80. The molecule has 0 radical (unpaired) electrons. The fourth-order valence-corrected chi connectivity index (χ4v) is 2.47. The first-order chi connectivity index (χ1) is 11.0. The zero-order chi connectivity index (χ0) is 16.8. The molecule has 0 bridgehead atoms. The molecule has 23 heavy (non-hydrogen) atoms. The minimum Gasteiger partial charge on any atom is -0.481 e. The van der Waals surface area contributed by atoms with Gasteiger partial charge in [0, 0.05) is 0 Å². The van der Waals surface area contributed by atoms with E-state index in [4.69, 9.17) is 4.74 Å². The van der Waals surface area contributed by atoms with Crippen molar-refractivity contribution in [1.82, 2.24) is 5.32 Å². The first-order valence-electron chi connectivity index (χ1n) is 8.10. The number of amides is 1. The second kappa shape index (κ2) is 7.82. The number of aryl methyl sites for hydroxylation is 2. The van der Waals surface area contributed by atoms with E-state index in [-0.39, 0.29) is 11.9 Å². The van der Waals surface area contributed by atoms with Crippen molar-refractivity contribution in [3.8, 4) is 5.75 Å². The van der Waals surface area contributed by atoms with Gasteiger partial charge in [-0.25, -0.2) is 0 Å². The van der Waals surface area contributed by atoms with Crippen LogP contribution in [0, 0.1) is 13.8 Å². The van der Waals surface area contributed by atoms with Crippen LogP contribution < -0.4 is 10.1 Å². The summed E-state index contributed by atoms with van der Waals surface area (Å²) in [6.45, 7) is 7.85. The monoisotopic (exact) mass is 311 g/mol. The van der Waals surface area contributed by atoms with E-state index in [0.29, 0.717) is 0 Å². The van der Waals surface area contributed by atoms with E-state index in [0.717, 1.165) is 28.9 Å². The van der Waals surface area contributed by atoms with Crippen molar-refractivity contribution in [3.63, 3.8) is 0 Å². The average Bonchev–Trinajstić information content (AvgIpc) is 2.56. The second-order valence-corrected chi connectivity index (χ2v) is 5.91. The van der Waals surface area contributed by atoms with Crippen LogP contribution in [-0.2, 0) is 4.79 Å². The first kappa shape index (κ1) is 17.1. The number of carbonyl (C=O) groups is 1. The Morgan fingerprint density at radius 3 is 2.48 bits per heavy atom. The van der Waals surface area contributed by atoms with Gasteiger partial charge in [0.05, 0.1) is 6.04 Å². The Morgan fingerprint density at radius 1 is 1.13 bits per heavy atom. The molecule has 0 aromatic heterocycles. The molecule has 1 N–H and O–H groups in total. The van der Waals surface area contributed by atoms with E-state index in [2.05, 4.69) is 12.2 Å². The van der Waals surface area contributed by atoms with Crippen LogP contribution in [0.2, 0.25) is 0 Å². The van der Waals surface area contributed by atoms with Crippen molar-refractivity contribution in [2.24, 2.45) is 0 Å². The van der Waals surface area contributed by atoms with Gasteiger partial charge in [-0.2, -0.15) is 0 Å². The van der Waals surface area contributed by atoms with Crippen molar-refractivity contribution in [2.45, 2.75) is 46.3 Å². The third kappa shape index (κ3) is 4.59. The van der Waals surface area contributed by atoms with E-state index in [1.54, 1.807) is 6.92 Å². The van der Waals surface area contributed by atoms with E-state index >= 15 is 0 Å². The van der Waals surface area contributed by atoms with E-state index in [1.807, 2.05) is 62.4 Å². The summed E-state index contributed by atoms with van der Waals surface area (Å²) in [7, 11) is 0. The molecule has 0 fully saturated rings. The minimum absolute atomic E-state index is 0.00774. The second-order valence-electron chi connectivity index (χ2n) is 5.91. The summed E-state index contributed by atoms with van der Waals surface area (Å²) in [5, 5.41) is 3.07. The summed E-state index contributed by atoms with van der Waals surface area (Å²) >= 11 is 0. The van der Waals surface area contributed by atoms with Crippen LogP contribution in [0.4, 0.5) is 0 Å². The maximum atomic E-state index is 12.5. The largest absolute Gasteiger partial charge is 0.481 e. The summed E-state index contributed by atoms with van der Waals surface area (Å²) in [5.74, 6) is 0.669. The predicted molar refractivity (Wildman–Crippen MR) is 93.6 cm³/mol. The molecule has 0 aliphatic heterocycles. The van der Waals surface area contributed by atoms with Gasteiger partial charge in [0.2, 0.25) is 0 Å². The third-order valence-electron chi connectivity index (χ3n) is 3.94. The summed E-state index contributed by atoms with van der Waals surface area (Å²) in [6.07, 6.45) is 0.305. The molecule has 0 aliphatic carbocycles. The van der Waals surface area contributed by atoms with Gasteiger partial charge in [-0.15, -0.1) is 0 Å². The Morgan fingerprint density at radius 2 is 1.83 bits per heavy atom. The molecule has 0 aliphatic rings. The zero-order valence-corrected chi connectivity index (χ0v) is 14.3. The molecule has 122 valence electrons. The van der Waals surface area contributed by atoms with Crippen molar-refractivity contribution in [3.05, 3.63) is 65.2 Å². The van der Waals surface area contributed by atoms with E-state index in [1.165, 1.54) is 0 Å². The highest BCUT2D eigenvalue weighted by molar-refractivity contribution is 5.81. The van der Waals surface area contributed by atoms with Crippen LogP contribution in [0.5, 0.6) is 5.75 Å². The first-order valence-corrected chi connectivity index (χ1v) is 8.10. The number of ether oxygens (including phenoxy) is 1. The molecule has 1 amide bonds. The van der Waals surface area contributed by atoms with Gasteiger partial charge < -0.3 is 10.1 Å². The van der Waals surface area contributed by atoms with Crippen molar-refractivity contribution < 1.29 is 9.53 Å². The molecular weight excluding hydrogens is 286 g/mol. The highest BCUT2D eigenvalue weighted by Gasteiger charge is 2.19. The number of carbonyl (C=O) groups excluding carboxylic acids is 1. The Bertz CT molecular complexity index is 652. The molecule has 0 heterocycles. The number of hydrogen-bond donors (Lipinski definition) is 1. The maximum Gasteiger partial charge on any atom is 0.261 e. The van der Waals surface area contributed by atoms with Crippen molar-refractivity contribution in [2.75, 3.05) is 0 Å². The lowest BCUT2D eigenvalue weighted by atomic mass is 10.0. The standard InChI is InChI=1S/C20H25NO2/c1-5-18(17-9-7-6-8-10-17)21-20(22)16(4)23-19-13-14(2)11-12-15(19)3/h6-13,16,18H,5H2,1-4H3,(H,21,22)/t16-,18+/m1/s1. The molecule has 2 aromatic carbocycles. The van der Waals surface area contributed by atoms with Crippen LogP contribution in [0.25, 0.3) is 0 Å². The Labute approximate surface area is 138 Å². The summed E-state index contributed by atoms with van der Waals surface area (Å²) in [4.78, 5) is 12.5. The van der Waals surface area contributed by atoms with Crippen molar-refractivity contribution >= 4 is 5.91 Å². The van der Waals surface area contributed by atoms with Crippen LogP contribution in [0.3, 0.4) is 0 Å². The van der Waals surface area contributed by atoms with Crippen LogP contribution in [0.15, 0.2) is 48.5 Å². The fraction of sp³-hybridized carbons (Fsp3) is 0.350. The molecule has 2 atom stereocenters. The van der Waals surface area contributed by atoms with E-state index in [9.17, 15) is 4.79 Å². The molecule has 3 heteroatoms. The summed E-state index contributed by atoms with van der Waals surface area (Å²) in [5.41, 5.74) is 3.27. The number of hydrogen-bond acceptors (Lipinski definition) is 2. The zero-order valence-electron chi connectivity index (χ0n) is 14.3. The highest BCUT2D eigenvalue weighted by atomic mass is 16.5. The van der Waals surface area contributed by atoms with Gasteiger partial charge >= 0.3 is 0 Å². The lowest BCUT2D eigenvalue weighted by molar-refractivity contribution is -0.128. The van der Waals surface area contributed by atoms with Gasteiger partial charge in [-0.05, 0) is 49.9 Å². The van der Waals surface area contributed by atoms with Crippen LogP contribution in [0.1, 0.15) is 43.0 Å². The van der Waals surface area contributed by atoms with E-state index < -0.39 is 6.10 Å². The molecule has 0 spiro atoms. The fourth-order valence-electron chi connectivity index (χ4n) is 2.47. The molecule has 3 nitrogen and oxygen atoms in total. The lowest BCUT2D eigenvalue weighted by Crippen LogP contribution is -2.38. The van der Waals surface area contributed by atoms with Crippen LogP contribution in [-0.4, -0.2) is 12.0 Å². The minimum atomic E-state index is -0.534. The molecule has 2 rings (SSSR count). The predicted octanol–water partition coefficient (Wildman–Crippen LogP) is 4.34. The molecular formula is C20H25NO2. The van der Waals surface area contributed by atoms with Gasteiger partial charge in [-0.3, -0.25) is 4.79 Å². The average molecular weight is 311 g/mol. The number of benzene rings is 2. The molecule has 2 aromatic rings. The topological polar surface area (TPSA) is 38.3 Å². The van der Waals surface area contributed by atoms with Gasteiger partial charge in [0.25, 0.3) is 5.91 Å². The maximum absolute atomic E-state index is 12.5. The quantitative estimate of drug-likeness (QED) is 0.862. The molecule has 0 saturated carbocycles.